The Morgan fingerprint density at radius 3 is 3.06 bits per heavy atom. The molecule has 0 aromatic heterocycles. The average molecular weight is 250 g/mol. The van der Waals surface area contributed by atoms with Crippen LogP contribution in [0.1, 0.15) is 6.42 Å². The molecule has 2 atom stereocenters. The van der Waals surface area contributed by atoms with Crippen molar-refractivity contribution >= 4 is 5.69 Å². The Balaban J connectivity index is 1.95. The Labute approximate surface area is 109 Å². The molecule has 1 aliphatic rings. The van der Waals surface area contributed by atoms with Gasteiger partial charge in [0.2, 0.25) is 0 Å². The Bertz CT molecular complexity index is 378. The minimum atomic E-state index is 0.156. The number of benzene rings is 1. The number of methoxy groups -OCH3 is 1. The van der Waals surface area contributed by atoms with Gasteiger partial charge >= 0.3 is 0 Å². The molecule has 0 bridgehead atoms. The largest absolute Gasteiger partial charge is 0.497 e. The fourth-order valence-electron chi connectivity index (χ4n) is 2.31. The summed E-state index contributed by atoms with van der Waals surface area (Å²) >= 11 is 0. The van der Waals surface area contributed by atoms with Gasteiger partial charge < -0.3 is 20.1 Å². The molecule has 0 radical (unpaired) electrons. The summed E-state index contributed by atoms with van der Waals surface area (Å²) < 4.78 is 10.6. The standard InChI is InChI=1S/C14H22N2O2/c1-16(9-14(15)11-6-7-18-10-11)12-4-3-5-13(8-12)17-2/h3-5,8,11,14H,6-7,9-10,15H2,1-2H3. The van der Waals surface area contributed by atoms with E-state index < -0.39 is 0 Å². The number of rotatable bonds is 5. The van der Waals surface area contributed by atoms with Crippen molar-refractivity contribution < 1.29 is 9.47 Å². The van der Waals surface area contributed by atoms with E-state index in [0.29, 0.717) is 5.92 Å². The lowest BCUT2D eigenvalue weighted by molar-refractivity contribution is 0.181. The van der Waals surface area contributed by atoms with Gasteiger partial charge in [0, 0.05) is 43.9 Å². The SMILES string of the molecule is COc1cccc(N(C)CC(N)C2CCOC2)c1. The summed E-state index contributed by atoms with van der Waals surface area (Å²) in [7, 11) is 3.74. The summed E-state index contributed by atoms with van der Waals surface area (Å²) in [6.07, 6.45) is 1.08. The number of hydrogen-bond donors (Lipinski definition) is 1. The number of ether oxygens (including phenoxy) is 2. The molecule has 1 aromatic carbocycles. The molecule has 1 aliphatic heterocycles. The second-order valence-corrected chi connectivity index (χ2v) is 4.87. The Morgan fingerprint density at radius 1 is 1.56 bits per heavy atom. The third-order valence-electron chi connectivity index (χ3n) is 3.55. The lowest BCUT2D eigenvalue weighted by atomic mass is 9.99. The first-order valence-corrected chi connectivity index (χ1v) is 6.39. The minimum Gasteiger partial charge on any atom is -0.497 e. The van der Waals surface area contributed by atoms with Crippen molar-refractivity contribution in [2.24, 2.45) is 11.7 Å². The first-order chi connectivity index (χ1) is 8.70. The fraction of sp³-hybridized carbons (Fsp3) is 0.571. The minimum absolute atomic E-state index is 0.156. The van der Waals surface area contributed by atoms with Crippen molar-refractivity contribution in [1.82, 2.24) is 0 Å². The maximum absolute atomic E-state index is 6.23. The maximum Gasteiger partial charge on any atom is 0.120 e. The molecular weight excluding hydrogens is 228 g/mol. The summed E-state index contributed by atoms with van der Waals surface area (Å²) in [6, 6.07) is 8.19. The highest BCUT2D eigenvalue weighted by Gasteiger charge is 2.23. The molecule has 2 unspecified atom stereocenters. The summed E-state index contributed by atoms with van der Waals surface area (Å²) in [5.74, 6) is 1.36. The zero-order chi connectivity index (χ0) is 13.0. The highest BCUT2D eigenvalue weighted by molar-refractivity contribution is 5.50. The Morgan fingerprint density at radius 2 is 2.39 bits per heavy atom. The predicted octanol–water partition coefficient (Wildman–Crippen LogP) is 1.50. The van der Waals surface area contributed by atoms with Gasteiger partial charge in [-0.25, -0.2) is 0 Å². The normalized spacial score (nSPS) is 20.7. The predicted molar refractivity (Wildman–Crippen MR) is 73.2 cm³/mol. The van der Waals surface area contributed by atoms with Crippen LogP contribution in [0.25, 0.3) is 0 Å². The molecule has 0 aliphatic carbocycles. The van der Waals surface area contributed by atoms with Gasteiger partial charge in [0.1, 0.15) is 5.75 Å². The molecule has 1 fully saturated rings. The number of likely N-dealkylation sites (N-methyl/N-ethyl adjacent to an activating group) is 1. The number of nitrogens with zero attached hydrogens (tertiary/aromatic N) is 1. The van der Waals surface area contributed by atoms with E-state index in [0.717, 1.165) is 37.6 Å². The van der Waals surface area contributed by atoms with Crippen LogP contribution in [-0.4, -0.2) is 40.0 Å². The molecule has 0 spiro atoms. The second-order valence-electron chi connectivity index (χ2n) is 4.87. The van der Waals surface area contributed by atoms with E-state index in [4.69, 9.17) is 15.2 Å². The summed E-state index contributed by atoms with van der Waals surface area (Å²) in [5.41, 5.74) is 7.36. The van der Waals surface area contributed by atoms with E-state index in [-0.39, 0.29) is 6.04 Å². The van der Waals surface area contributed by atoms with E-state index >= 15 is 0 Å². The molecule has 0 amide bonds. The first-order valence-electron chi connectivity index (χ1n) is 6.39. The van der Waals surface area contributed by atoms with E-state index in [1.54, 1.807) is 7.11 Å². The van der Waals surface area contributed by atoms with E-state index in [1.807, 2.05) is 18.2 Å². The number of hydrogen-bond acceptors (Lipinski definition) is 4. The lowest BCUT2D eigenvalue weighted by Crippen LogP contribution is -2.41. The van der Waals surface area contributed by atoms with Gasteiger partial charge in [-0.05, 0) is 18.6 Å². The Hall–Kier alpha value is -1.26. The quantitative estimate of drug-likeness (QED) is 0.860. The lowest BCUT2D eigenvalue weighted by Gasteiger charge is -2.26. The maximum atomic E-state index is 6.23. The monoisotopic (exact) mass is 250 g/mol. The van der Waals surface area contributed by atoms with Crippen LogP contribution >= 0.6 is 0 Å². The smallest absolute Gasteiger partial charge is 0.120 e. The van der Waals surface area contributed by atoms with Gasteiger partial charge in [-0.2, -0.15) is 0 Å². The summed E-state index contributed by atoms with van der Waals surface area (Å²) in [6.45, 7) is 2.48. The van der Waals surface area contributed by atoms with Gasteiger partial charge in [-0.15, -0.1) is 0 Å². The van der Waals surface area contributed by atoms with E-state index in [2.05, 4.69) is 18.0 Å². The molecule has 18 heavy (non-hydrogen) atoms. The van der Waals surface area contributed by atoms with Crippen molar-refractivity contribution in [2.75, 3.05) is 38.8 Å². The molecule has 0 saturated carbocycles. The van der Waals surface area contributed by atoms with Crippen LogP contribution in [0.2, 0.25) is 0 Å². The van der Waals surface area contributed by atoms with Crippen LogP contribution < -0.4 is 15.4 Å². The zero-order valence-corrected chi connectivity index (χ0v) is 11.1. The molecule has 2 N–H and O–H groups in total. The second kappa shape index (κ2) is 6.07. The van der Waals surface area contributed by atoms with Gasteiger partial charge in [0.25, 0.3) is 0 Å². The molecule has 1 aromatic rings. The molecule has 4 nitrogen and oxygen atoms in total. The van der Waals surface area contributed by atoms with Gasteiger partial charge in [0.05, 0.1) is 13.7 Å². The van der Waals surface area contributed by atoms with E-state index in [1.165, 1.54) is 0 Å². The Kier molecular flexibility index (Phi) is 4.44. The molecule has 1 heterocycles. The van der Waals surface area contributed by atoms with Crippen molar-refractivity contribution in [3.63, 3.8) is 0 Å². The summed E-state index contributed by atoms with van der Waals surface area (Å²) in [5, 5.41) is 0. The third kappa shape index (κ3) is 3.15. The molecule has 1 saturated heterocycles. The summed E-state index contributed by atoms with van der Waals surface area (Å²) in [4.78, 5) is 2.17. The first kappa shape index (κ1) is 13.2. The fourth-order valence-corrected chi connectivity index (χ4v) is 2.31. The highest BCUT2D eigenvalue weighted by Crippen LogP contribution is 2.22. The number of nitrogens with two attached hydrogens (primary N) is 1. The molecular formula is C14H22N2O2. The zero-order valence-electron chi connectivity index (χ0n) is 11.1. The van der Waals surface area contributed by atoms with Crippen molar-refractivity contribution in [1.29, 1.82) is 0 Å². The molecule has 100 valence electrons. The van der Waals surface area contributed by atoms with Crippen LogP contribution in [0.5, 0.6) is 5.75 Å². The van der Waals surface area contributed by atoms with Gasteiger partial charge in [0.15, 0.2) is 0 Å². The van der Waals surface area contributed by atoms with Crippen LogP contribution in [0, 0.1) is 5.92 Å². The van der Waals surface area contributed by atoms with Crippen molar-refractivity contribution in [3.05, 3.63) is 24.3 Å². The van der Waals surface area contributed by atoms with Crippen molar-refractivity contribution in [2.45, 2.75) is 12.5 Å². The van der Waals surface area contributed by atoms with Gasteiger partial charge in [-0.3, -0.25) is 0 Å². The third-order valence-corrected chi connectivity index (χ3v) is 3.55. The van der Waals surface area contributed by atoms with E-state index in [9.17, 15) is 0 Å². The van der Waals surface area contributed by atoms with Crippen molar-refractivity contribution in [3.8, 4) is 5.75 Å². The number of anilines is 1. The average Bonchev–Trinajstić information content (AvgIpc) is 2.92. The highest BCUT2D eigenvalue weighted by atomic mass is 16.5. The van der Waals surface area contributed by atoms with Crippen LogP contribution in [0.3, 0.4) is 0 Å². The topological polar surface area (TPSA) is 47.7 Å². The van der Waals surface area contributed by atoms with Crippen LogP contribution in [-0.2, 0) is 4.74 Å². The van der Waals surface area contributed by atoms with Crippen LogP contribution in [0.15, 0.2) is 24.3 Å². The van der Waals surface area contributed by atoms with Crippen LogP contribution in [0.4, 0.5) is 5.69 Å². The molecule has 4 heteroatoms. The molecule has 2 rings (SSSR count). The van der Waals surface area contributed by atoms with Gasteiger partial charge in [-0.1, -0.05) is 6.07 Å².